The largest absolute Gasteiger partial charge is 0.330 e. The van der Waals surface area contributed by atoms with Crippen LogP contribution in [0.25, 0.3) is 0 Å². The van der Waals surface area contributed by atoms with Gasteiger partial charge in [0.05, 0.1) is 0 Å². The van der Waals surface area contributed by atoms with Crippen LogP contribution in [0, 0.1) is 0 Å². The summed E-state index contributed by atoms with van der Waals surface area (Å²) >= 11 is 0. The van der Waals surface area contributed by atoms with Crippen LogP contribution in [0.1, 0.15) is 19.3 Å². The first-order valence-corrected chi connectivity index (χ1v) is 3.97. The normalized spacial score (nSPS) is 10.2. The first kappa shape index (κ1) is 9.88. The van der Waals surface area contributed by atoms with Crippen molar-refractivity contribution < 1.29 is 0 Å². The van der Waals surface area contributed by atoms with Gasteiger partial charge in [0.25, 0.3) is 0 Å². The van der Waals surface area contributed by atoms with Crippen molar-refractivity contribution in [1.82, 2.24) is 10.6 Å². The predicted molar refractivity (Wildman–Crippen MR) is 44.8 cm³/mol. The number of hydrogen-bond acceptors (Lipinski definition) is 3. The second kappa shape index (κ2) is 8.88. The van der Waals surface area contributed by atoms with Gasteiger partial charge in [0.2, 0.25) is 0 Å². The minimum absolute atomic E-state index is 0.825. The van der Waals surface area contributed by atoms with Gasteiger partial charge in [0.15, 0.2) is 0 Å². The molecule has 0 spiro atoms. The van der Waals surface area contributed by atoms with E-state index >= 15 is 0 Å². The number of rotatable bonds is 7. The minimum atomic E-state index is 0.825. The molecule has 62 valence electrons. The molecule has 0 aromatic heterocycles. The number of unbranched alkanes of at least 4 members (excludes halogenated alkanes) is 2. The van der Waals surface area contributed by atoms with Gasteiger partial charge < -0.3 is 16.4 Å². The topological polar surface area (TPSA) is 50.1 Å². The van der Waals surface area contributed by atoms with Crippen LogP contribution in [0.4, 0.5) is 0 Å². The molecule has 3 nitrogen and oxygen atoms in total. The van der Waals surface area contributed by atoms with Crippen LogP contribution in [-0.2, 0) is 0 Å². The van der Waals surface area contributed by atoms with Gasteiger partial charge in [-0.2, -0.15) is 0 Å². The van der Waals surface area contributed by atoms with Crippen molar-refractivity contribution in [2.24, 2.45) is 5.73 Å². The zero-order valence-electron chi connectivity index (χ0n) is 6.82. The third kappa shape index (κ3) is 7.88. The Morgan fingerprint density at radius 3 is 2.60 bits per heavy atom. The molecule has 0 aliphatic carbocycles. The summed E-state index contributed by atoms with van der Waals surface area (Å²) in [4.78, 5) is 0. The van der Waals surface area contributed by atoms with E-state index in [1.54, 1.807) is 0 Å². The smallest absolute Gasteiger partial charge is 0.0451 e. The highest BCUT2D eigenvalue weighted by atomic mass is 15.0. The summed E-state index contributed by atoms with van der Waals surface area (Å²) in [6.07, 6.45) is 3.63. The molecule has 0 aromatic rings. The number of nitrogens with one attached hydrogen (secondary N) is 2. The fourth-order valence-corrected chi connectivity index (χ4v) is 0.785. The molecule has 0 aliphatic heterocycles. The first-order chi connectivity index (χ1) is 4.91. The Labute approximate surface area is 63.4 Å². The highest BCUT2D eigenvalue weighted by molar-refractivity contribution is 4.46. The summed E-state index contributed by atoms with van der Waals surface area (Å²) in [6.45, 7) is 2.83. The lowest BCUT2D eigenvalue weighted by atomic mass is 10.2. The van der Waals surface area contributed by atoms with Crippen LogP contribution in [0.3, 0.4) is 0 Å². The number of hydrogen-bond donors (Lipinski definition) is 3. The fourth-order valence-electron chi connectivity index (χ4n) is 0.785. The van der Waals surface area contributed by atoms with Crippen molar-refractivity contribution in [3.8, 4) is 0 Å². The van der Waals surface area contributed by atoms with Crippen molar-refractivity contribution in [2.75, 3.05) is 26.8 Å². The third-order valence-electron chi connectivity index (χ3n) is 1.36. The predicted octanol–water partition coefficient (Wildman–Crippen LogP) is -0.118. The second-order valence-corrected chi connectivity index (χ2v) is 2.38. The molecule has 0 rings (SSSR count). The SMILES string of the molecule is CNCNCCCCCN. The monoisotopic (exact) mass is 145 g/mol. The van der Waals surface area contributed by atoms with Crippen molar-refractivity contribution in [1.29, 1.82) is 0 Å². The van der Waals surface area contributed by atoms with E-state index in [1.165, 1.54) is 12.8 Å². The molecule has 0 fully saturated rings. The average Bonchev–Trinajstić information content (AvgIpc) is 1.97. The van der Waals surface area contributed by atoms with Crippen molar-refractivity contribution in [2.45, 2.75) is 19.3 Å². The summed E-state index contributed by atoms with van der Waals surface area (Å²) in [6, 6.07) is 0. The van der Waals surface area contributed by atoms with E-state index in [-0.39, 0.29) is 0 Å². The maximum Gasteiger partial charge on any atom is 0.0451 e. The number of nitrogens with two attached hydrogens (primary N) is 1. The summed E-state index contributed by atoms with van der Waals surface area (Å²) < 4.78 is 0. The molecule has 0 saturated heterocycles. The van der Waals surface area contributed by atoms with Crippen LogP contribution in [-0.4, -0.2) is 26.8 Å². The fraction of sp³-hybridized carbons (Fsp3) is 1.00. The molecule has 0 unspecified atom stereocenters. The third-order valence-corrected chi connectivity index (χ3v) is 1.36. The van der Waals surface area contributed by atoms with Gasteiger partial charge in [-0.15, -0.1) is 0 Å². The molecule has 0 saturated carbocycles. The van der Waals surface area contributed by atoms with Crippen LogP contribution < -0.4 is 16.4 Å². The van der Waals surface area contributed by atoms with Crippen molar-refractivity contribution in [3.05, 3.63) is 0 Å². The minimum Gasteiger partial charge on any atom is -0.330 e. The molecule has 3 heteroatoms. The maximum atomic E-state index is 5.34. The van der Waals surface area contributed by atoms with E-state index in [1.807, 2.05) is 7.05 Å². The van der Waals surface area contributed by atoms with Crippen LogP contribution in [0.15, 0.2) is 0 Å². The molecule has 0 aliphatic rings. The molecule has 0 heterocycles. The van der Waals surface area contributed by atoms with Crippen LogP contribution in [0.5, 0.6) is 0 Å². The molecule has 0 bridgehead atoms. The van der Waals surface area contributed by atoms with Gasteiger partial charge >= 0.3 is 0 Å². The average molecular weight is 145 g/mol. The Hall–Kier alpha value is -0.120. The van der Waals surface area contributed by atoms with E-state index in [2.05, 4.69) is 10.6 Å². The van der Waals surface area contributed by atoms with Gasteiger partial charge in [-0.1, -0.05) is 6.42 Å². The Balaban J connectivity index is 2.65. The zero-order chi connectivity index (χ0) is 7.66. The van der Waals surface area contributed by atoms with Crippen molar-refractivity contribution in [3.63, 3.8) is 0 Å². The highest BCUT2D eigenvalue weighted by Gasteiger charge is 1.85. The molecule has 4 N–H and O–H groups in total. The molecular formula is C7H19N3. The van der Waals surface area contributed by atoms with E-state index in [9.17, 15) is 0 Å². The summed E-state index contributed by atoms with van der Waals surface area (Å²) in [7, 11) is 1.94. The summed E-state index contributed by atoms with van der Waals surface area (Å²) in [5.41, 5.74) is 5.34. The molecule has 10 heavy (non-hydrogen) atoms. The highest BCUT2D eigenvalue weighted by Crippen LogP contribution is 1.89. The Bertz CT molecular complexity index is 48.8. The van der Waals surface area contributed by atoms with Gasteiger partial charge in [0, 0.05) is 6.67 Å². The first-order valence-electron chi connectivity index (χ1n) is 3.97. The van der Waals surface area contributed by atoms with E-state index in [4.69, 9.17) is 5.73 Å². The lowest BCUT2D eigenvalue weighted by Crippen LogP contribution is -2.26. The van der Waals surface area contributed by atoms with Gasteiger partial charge in [-0.3, -0.25) is 0 Å². The molecule has 0 radical (unpaired) electrons. The molecule has 0 atom stereocenters. The molecule has 0 aromatic carbocycles. The Kier molecular flexibility index (Phi) is 8.77. The Morgan fingerprint density at radius 1 is 1.20 bits per heavy atom. The zero-order valence-corrected chi connectivity index (χ0v) is 6.82. The van der Waals surface area contributed by atoms with Gasteiger partial charge in [-0.25, -0.2) is 0 Å². The summed E-state index contributed by atoms with van der Waals surface area (Å²) in [5, 5.41) is 6.26. The Morgan fingerprint density at radius 2 is 2.00 bits per heavy atom. The van der Waals surface area contributed by atoms with Gasteiger partial charge in [-0.05, 0) is 33.0 Å². The quantitative estimate of drug-likeness (QED) is 0.346. The van der Waals surface area contributed by atoms with E-state index in [0.717, 1.165) is 26.2 Å². The van der Waals surface area contributed by atoms with Crippen LogP contribution in [0.2, 0.25) is 0 Å². The lowest BCUT2D eigenvalue weighted by Gasteiger charge is -2.01. The van der Waals surface area contributed by atoms with Gasteiger partial charge in [0.1, 0.15) is 0 Å². The summed E-state index contributed by atoms with van der Waals surface area (Å²) in [5.74, 6) is 0. The second-order valence-electron chi connectivity index (χ2n) is 2.38. The van der Waals surface area contributed by atoms with Crippen molar-refractivity contribution >= 4 is 0 Å². The van der Waals surface area contributed by atoms with Crippen LogP contribution >= 0.6 is 0 Å². The maximum absolute atomic E-state index is 5.34. The molecule has 0 amide bonds. The molecular weight excluding hydrogens is 126 g/mol. The lowest BCUT2D eigenvalue weighted by molar-refractivity contribution is 0.581. The van der Waals surface area contributed by atoms with E-state index in [0.29, 0.717) is 0 Å². The van der Waals surface area contributed by atoms with E-state index < -0.39 is 0 Å². The standard InChI is InChI=1S/C7H19N3/c1-9-7-10-6-4-2-3-5-8/h9-10H,2-8H2,1H3.